The lowest BCUT2D eigenvalue weighted by atomic mass is 9.93. The number of amides is 18. The number of aliphatic hydroxyl groups excluding tert-OH is 1. The minimum absolute atomic E-state index is 0.0167. The lowest BCUT2D eigenvalue weighted by Crippen LogP contribution is -2.57. The minimum atomic E-state index is -0.958. The molecule has 0 spiro atoms. The van der Waals surface area contributed by atoms with E-state index in [-0.39, 0.29) is 121 Å². The van der Waals surface area contributed by atoms with Crippen LogP contribution in [-0.4, -0.2) is 313 Å². The molecule has 0 bridgehead atoms. The number of likely N-dealkylation sites (tertiary alicyclic amines) is 1. The van der Waals surface area contributed by atoms with E-state index in [1.54, 1.807) is 141 Å². The topological polar surface area (TPSA) is 749 Å². The molecular formula is C96H188N26O19S. The van der Waals surface area contributed by atoms with Gasteiger partial charge in [0, 0.05) is 167 Å². The Morgan fingerprint density at radius 2 is 0.704 bits per heavy atom. The highest BCUT2D eigenvalue weighted by Gasteiger charge is 2.40. The van der Waals surface area contributed by atoms with Crippen molar-refractivity contribution in [3.63, 3.8) is 0 Å². The number of rotatable bonds is 43. The van der Waals surface area contributed by atoms with Gasteiger partial charge >= 0.3 is 0 Å². The first kappa shape index (κ1) is 142. The zero-order chi connectivity index (χ0) is 112. The van der Waals surface area contributed by atoms with E-state index in [4.69, 9.17) is 56.7 Å². The van der Waals surface area contributed by atoms with Crippen molar-refractivity contribution in [2.45, 2.75) is 280 Å². The lowest BCUT2D eigenvalue weighted by molar-refractivity contribution is -0.144. The molecule has 1 aromatic carbocycles. The van der Waals surface area contributed by atoms with Crippen molar-refractivity contribution in [3.8, 4) is 0 Å². The van der Waals surface area contributed by atoms with Crippen LogP contribution in [0.1, 0.15) is 231 Å². The fourth-order valence-electron chi connectivity index (χ4n) is 10.2. The molecule has 1 heterocycles. The molecule has 7 unspecified atom stereocenters. The molecule has 2 rings (SSSR count). The highest BCUT2D eigenvalue weighted by atomic mass is 32.2. The zero-order valence-electron chi connectivity index (χ0n) is 91.1. The van der Waals surface area contributed by atoms with Crippen molar-refractivity contribution < 1.29 is 91.4 Å². The maximum absolute atomic E-state index is 12.3. The fourth-order valence-corrected chi connectivity index (χ4v) is 10.7. The first-order chi connectivity index (χ1) is 65.0. The second-order valence-electron chi connectivity index (χ2n) is 42.5. The summed E-state index contributed by atoms with van der Waals surface area (Å²) in [6.45, 7) is 54.7. The van der Waals surface area contributed by atoms with Crippen LogP contribution >= 0.6 is 11.8 Å². The molecule has 7 atom stereocenters. The monoisotopic (exact) mass is 2040 g/mol. The van der Waals surface area contributed by atoms with Crippen LogP contribution < -0.4 is 131 Å². The van der Waals surface area contributed by atoms with Crippen LogP contribution in [-0.2, 0) is 92.7 Å². The predicted octanol–water partition coefficient (Wildman–Crippen LogP) is -2.59. The summed E-state index contributed by atoms with van der Waals surface area (Å²) < 4.78 is 0. The molecule has 0 aromatic heterocycles. The molecule has 18 amide bonds. The Labute approximate surface area is 849 Å². The second kappa shape index (κ2) is 72.0. The van der Waals surface area contributed by atoms with Crippen molar-refractivity contribution in [1.82, 2.24) is 89.6 Å². The molecule has 45 nitrogen and oxygen atoms in total. The van der Waals surface area contributed by atoms with Crippen LogP contribution in [0.4, 0.5) is 0 Å². The Morgan fingerprint density at radius 1 is 0.387 bits per heavy atom. The van der Waals surface area contributed by atoms with E-state index in [0.717, 1.165) is 30.7 Å². The summed E-state index contributed by atoms with van der Waals surface area (Å²) in [4.78, 5) is 215. The van der Waals surface area contributed by atoms with Gasteiger partial charge in [0.15, 0.2) is 0 Å². The Bertz CT molecular complexity index is 3980. The molecular weight excluding hydrogens is 1850 g/mol. The maximum atomic E-state index is 12.3. The number of aliphatic hydroxyl groups is 1. The van der Waals surface area contributed by atoms with Gasteiger partial charge in [-0.1, -0.05) is 197 Å². The van der Waals surface area contributed by atoms with Crippen molar-refractivity contribution in [3.05, 3.63) is 35.9 Å². The largest absolute Gasteiger partial charge is 0.394 e. The Hall–Kier alpha value is -10.3. The summed E-state index contributed by atoms with van der Waals surface area (Å²) >= 11 is 1.65. The predicted molar refractivity (Wildman–Crippen MR) is 558 cm³/mol. The number of nitrogens with zero attached hydrogens (tertiary/aromatic N) is 2. The van der Waals surface area contributed by atoms with E-state index in [9.17, 15) is 86.3 Å². The number of nitrogens with two attached hydrogens (primary N) is 9. The van der Waals surface area contributed by atoms with Gasteiger partial charge in [-0.25, -0.2) is 0 Å². The number of thioether (sulfide) groups is 1. The summed E-state index contributed by atoms with van der Waals surface area (Å²) in [6.07, 6.45) is 4.71. The van der Waals surface area contributed by atoms with Crippen molar-refractivity contribution in [1.29, 1.82) is 0 Å². The van der Waals surface area contributed by atoms with Crippen LogP contribution in [0.25, 0.3) is 0 Å². The first-order valence-corrected chi connectivity index (χ1v) is 49.4. The van der Waals surface area contributed by atoms with E-state index < -0.39 is 115 Å². The van der Waals surface area contributed by atoms with Crippen molar-refractivity contribution in [2.75, 3.05) is 144 Å². The number of primary amides is 2. The third kappa shape index (κ3) is 69.6. The number of carbonyl (C=O) groups excluding carboxylic acids is 18. The quantitative estimate of drug-likeness (QED) is 0.0319. The van der Waals surface area contributed by atoms with Gasteiger partial charge in [-0.15, -0.1) is 0 Å². The third-order valence-corrected chi connectivity index (χ3v) is 19.8. The molecule has 1 saturated heterocycles. The highest BCUT2D eigenvalue weighted by Crippen LogP contribution is 2.26. The summed E-state index contributed by atoms with van der Waals surface area (Å²) in [6, 6.07) is 5.09. The van der Waals surface area contributed by atoms with Crippen molar-refractivity contribution >= 4 is 118 Å². The lowest BCUT2D eigenvalue weighted by Gasteiger charge is -2.30. The van der Waals surface area contributed by atoms with E-state index in [1.807, 2.05) is 118 Å². The van der Waals surface area contributed by atoms with Gasteiger partial charge in [-0.2, -0.15) is 11.8 Å². The molecule has 1 aliphatic heterocycles. The number of carbonyl (C=O) groups is 18. The summed E-state index contributed by atoms with van der Waals surface area (Å²) in [5, 5.41) is 48.8. The van der Waals surface area contributed by atoms with E-state index >= 15 is 0 Å². The molecule has 0 aliphatic carbocycles. The average molecular weight is 2040 g/mol. The van der Waals surface area contributed by atoms with Crippen LogP contribution in [0.2, 0.25) is 0 Å². The minimum Gasteiger partial charge on any atom is -0.394 e. The number of benzene rings is 1. The first-order valence-electron chi connectivity index (χ1n) is 48.0. The summed E-state index contributed by atoms with van der Waals surface area (Å²) in [5.41, 5.74) is 42.9. The molecule has 0 saturated carbocycles. The van der Waals surface area contributed by atoms with Crippen LogP contribution in [0.15, 0.2) is 30.3 Å². The van der Waals surface area contributed by atoms with Crippen LogP contribution in [0.3, 0.4) is 0 Å². The highest BCUT2D eigenvalue weighted by molar-refractivity contribution is 7.98. The Kier molecular flexibility index (Phi) is 72.2. The Balaban J connectivity index is -0.000000373. The average Bonchev–Trinajstić information content (AvgIpc) is 1.65. The third-order valence-electron chi connectivity index (χ3n) is 19.2. The van der Waals surface area contributed by atoms with E-state index in [0.29, 0.717) is 104 Å². The molecule has 1 fully saturated rings. The van der Waals surface area contributed by atoms with Crippen LogP contribution in [0.5, 0.6) is 0 Å². The second-order valence-corrected chi connectivity index (χ2v) is 43.5. The summed E-state index contributed by atoms with van der Waals surface area (Å²) in [5.74, 6) is -3.76. The van der Waals surface area contributed by atoms with Crippen LogP contribution in [0, 0.1) is 43.3 Å². The van der Waals surface area contributed by atoms with Gasteiger partial charge in [0.05, 0.1) is 13.0 Å². The standard InChI is InChI=1S/C16H25N3O2.C14H27N3O2.C12H24N4O3.C12H25N3O2S.C11H22N4O3.C11H23N3O2.C10H21N3O3.C10H21N3O2/c1-16(2,3)15(21)19-13(14(20)18-10-9-17)11-12-7-5-4-6-8-12;1-14(2,3)13(19)17-9-6-7-11(17)12(18)15-8-10-16(4)5;1-12(2,3)11(19)16-8(4-5-9(14)17)10(18)15-7-6-13;1-12(2,3)11(17)15-9(5-8-18-4)10(16)14-7-6-13;1-11(2,3)10(18)15-7(6-8(13)16)9(17)14-5-4-12;1-10(2,3)8(15)14-11(4,5)9(16)13-7-6-12;1-10(2,3)9(16)13-7(6-14)8(15)12-5-4-11;1-7(8(14)12-6-5-11)13-9(15)10(2,3)4/h4-8,13H,9-11,17H2,1-3H3,(H,18,20)(H,19,21);11H,6-10H2,1-5H3,(H,15,18);8H,4-7,13H2,1-3H3,(H2,14,17)(H,15,18)(H,16,19);9H,5-8,13H2,1-4H3,(H,14,16)(H,15,17);7H,4-6,12H2,1-3H3,(H2,13,16)(H,14,17)(H,15,18);6-7,12H2,1-5H3,(H,13,16)(H,14,15);7,14H,4-6,11H2,1-3H3,(H,12,15)(H,13,16);7H,5-6,11H2,1-4H3,(H,12,14)(H,13,15). The van der Waals surface area contributed by atoms with Gasteiger partial charge in [0.2, 0.25) is 106 Å². The van der Waals surface area contributed by atoms with Gasteiger partial charge in [0.25, 0.3) is 0 Å². The van der Waals surface area contributed by atoms with Gasteiger partial charge in [0.1, 0.15) is 47.8 Å². The maximum Gasteiger partial charge on any atom is 0.245 e. The SMILES string of the molecule is CC(C)(C)C(=O)NC(C)(C)C(=O)NCCN.CC(C)(C)C(=O)NC(CC(N)=O)C(=O)NCCN.CC(C)(C)C(=O)NC(CCC(N)=O)C(=O)NCCN.CC(C)(C)C(=O)NC(CO)C(=O)NCCN.CC(C)(C)C(=O)NC(Cc1ccccc1)C(=O)NCCN.CC(NC(=O)C(C)(C)C)C(=O)NCCN.CN(C)CCNC(=O)C1CCCN1C(=O)C(C)(C)C.CSCCC(NC(=O)C(C)(C)C)C(=O)NCCN. The summed E-state index contributed by atoms with van der Waals surface area (Å²) in [7, 11) is 3.94. The van der Waals surface area contributed by atoms with Gasteiger partial charge in [-0.3, -0.25) is 86.3 Å². The van der Waals surface area contributed by atoms with Crippen molar-refractivity contribution in [2.24, 2.45) is 94.9 Å². The number of hydrogen-bond acceptors (Lipinski definition) is 28. The van der Waals surface area contributed by atoms with Gasteiger partial charge in [-0.05, 0) is 78.1 Å². The fraction of sp³-hybridized carbons (Fsp3) is 0.750. The number of nitrogens with one attached hydrogen (secondary N) is 15. The zero-order valence-corrected chi connectivity index (χ0v) is 91.9. The number of likely N-dealkylation sites (N-methyl/N-ethyl adjacent to an activating group) is 1. The normalized spacial score (nSPS) is 13.7. The Morgan fingerprint density at radius 3 is 1.04 bits per heavy atom. The molecule has 1 aliphatic rings. The molecule has 142 heavy (non-hydrogen) atoms. The van der Waals surface area contributed by atoms with E-state index in [1.165, 1.54) is 0 Å². The molecule has 0 radical (unpaired) electrons. The number of hydrogen-bond donors (Lipinski definition) is 25. The molecule has 822 valence electrons. The van der Waals surface area contributed by atoms with E-state index in [2.05, 4.69) is 79.8 Å². The smallest absolute Gasteiger partial charge is 0.245 e. The van der Waals surface area contributed by atoms with Gasteiger partial charge < -0.3 is 146 Å². The molecule has 34 N–H and O–H groups in total. The molecule has 46 heteroatoms. The molecule has 1 aromatic rings.